The molecule has 4 N–H and O–H groups in total. The first-order valence-electron chi connectivity index (χ1n) is 5.19. The molecule has 0 fully saturated rings. The molecule has 18 heavy (non-hydrogen) atoms. The number of carbonyl (C=O) groups excluding carboxylic acids is 1. The van der Waals surface area contributed by atoms with Gasteiger partial charge in [-0.25, -0.2) is 10.8 Å². The Morgan fingerprint density at radius 3 is 3.06 bits per heavy atom. The molecule has 0 radical (unpaired) electrons. The topological polar surface area (TPSA) is 119 Å². The number of nitrogens with zero attached hydrogens (tertiary/aromatic N) is 3. The van der Waals surface area contributed by atoms with Crippen LogP contribution in [0.5, 0.6) is 0 Å². The summed E-state index contributed by atoms with van der Waals surface area (Å²) in [7, 11) is 0. The lowest BCUT2D eigenvalue weighted by molar-refractivity contribution is 0.0947. The molecule has 0 saturated carbocycles. The highest BCUT2D eigenvalue weighted by molar-refractivity contribution is 5.98. The molecule has 0 unspecified atom stereocenters. The van der Waals surface area contributed by atoms with E-state index in [-0.39, 0.29) is 12.5 Å². The van der Waals surface area contributed by atoms with Crippen LogP contribution in [0.2, 0.25) is 0 Å². The van der Waals surface area contributed by atoms with Gasteiger partial charge in [-0.2, -0.15) is 4.98 Å². The number of nitrogens with two attached hydrogens (primary N) is 1. The van der Waals surface area contributed by atoms with Crippen molar-refractivity contribution in [3.63, 3.8) is 0 Å². The molecule has 2 heterocycles. The number of hydrazine groups is 1. The Morgan fingerprint density at radius 1 is 1.56 bits per heavy atom. The van der Waals surface area contributed by atoms with Crippen LogP contribution in [0.15, 0.2) is 22.9 Å². The smallest absolute Gasteiger partial charge is 0.255 e. The molecule has 0 atom stereocenters. The predicted molar refractivity (Wildman–Crippen MR) is 62.3 cm³/mol. The van der Waals surface area contributed by atoms with Crippen LogP contribution >= 0.6 is 0 Å². The van der Waals surface area contributed by atoms with Gasteiger partial charge in [0.25, 0.3) is 5.91 Å². The van der Waals surface area contributed by atoms with Crippen LogP contribution in [0.3, 0.4) is 0 Å². The zero-order chi connectivity index (χ0) is 13.0. The number of carbonyl (C=O) groups is 1. The summed E-state index contributed by atoms with van der Waals surface area (Å²) in [5, 5.41) is 6.25. The van der Waals surface area contributed by atoms with E-state index >= 15 is 0 Å². The maximum absolute atomic E-state index is 11.9. The molecule has 0 aliphatic carbocycles. The van der Waals surface area contributed by atoms with Crippen molar-refractivity contribution in [3.8, 4) is 0 Å². The minimum atomic E-state index is -0.327. The van der Waals surface area contributed by atoms with Crippen LogP contribution < -0.4 is 16.6 Å². The molecule has 0 bridgehead atoms. The fraction of sp³-hybridized carbons (Fsp3) is 0.200. The van der Waals surface area contributed by atoms with Crippen LogP contribution in [0.4, 0.5) is 5.82 Å². The Labute approximate surface area is 103 Å². The molecule has 2 aromatic rings. The second-order valence-corrected chi connectivity index (χ2v) is 3.46. The van der Waals surface area contributed by atoms with E-state index in [0.717, 1.165) is 0 Å². The van der Waals surface area contributed by atoms with Gasteiger partial charge in [0.05, 0.1) is 12.1 Å². The lowest BCUT2D eigenvalue weighted by atomic mass is 10.2. The van der Waals surface area contributed by atoms with Crippen molar-refractivity contribution in [1.29, 1.82) is 0 Å². The van der Waals surface area contributed by atoms with Gasteiger partial charge >= 0.3 is 0 Å². The first-order chi connectivity index (χ1) is 8.70. The molecule has 0 aliphatic rings. The van der Waals surface area contributed by atoms with E-state index in [9.17, 15) is 4.79 Å². The number of pyridine rings is 1. The Balaban J connectivity index is 2.03. The van der Waals surface area contributed by atoms with E-state index in [0.29, 0.717) is 23.1 Å². The second-order valence-electron chi connectivity index (χ2n) is 3.46. The molecule has 0 saturated heterocycles. The lowest BCUT2D eigenvalue weighted by Crippen LogP contribution is -2.25. The molecule has 0 aromatic carbocycles. The maximum Gasteiger partial charge on any atom is 0.255 e. The van der Waals surface area contributed by atoms with Crippen molar-refractivity contribution in [2.24, 2.45) is 5.84 Å². The van der Waals surface area contributed by atoms with Crippen molar-refractivity contribution >= 4 is 11.7 Å². The van der Waals surface area contributed by atoms with Crippen LogP contribution in [0.1, 0.15) is 22.1 Å². The summed E-state index contributed by atoms with van der Waals surface area (Å²) in [5.74, 6) is 6.10. The Hall–Kier alpha value is -2.48. The number of anilines is 1. The zero-order valence-electron chi connectivity index (χ0n) is 9.67. The van der Waals surface area contributed by atoms with Gasteiger partial charge < -0.3 is 15.3 Å². The highest BCUT2D eigenvalue weighted by Crippen LogP contribution is 2.09. The van der Waals surface area contributed by atoms with Crippen molar-refractivity contribution in [3.05, 3.63) is 35.6 Å². The van der Waals surface area contributed by atoms with E-state index in [2.05, 4.69) is 25.9 Å². The maximum atomic E-state index is 11.9. The van der Waals surface area contributed by atoms with Gasteiger partial charge in [0.1, 0.15) is 0 Å². The average molecular weight is 248 g/mol. The van der Waals surface area contributed by atoms with Crippen LogP contribution in [-0.2, 0) is 6.54 Å². The van der Waals surface area contributed by atoms with Crippen molar-refractivity contribution < 1.29 is 9.32 Å². The summed E-state index contributed by atoms with van der Waals surface area (Å²) in [6, 6.07) is 3.25. The number of nitrogen functional groups attached to an aromatic ring is 1. The molecule has 2 aromatic heterocycles. The lowest BCUT2D eigenvalue weighted by Gasteiger charge is -2.06. The van der Waals surface area contributed by atoms with E-state index in [4.69, 9.17) is 10.4 Å². The summed E-state index contributed by atoms with van der Waals surface area (Å²) in [5.41, 5.74) is 2.70. The zero-order valence-corrected chi connectivity index (χ0v) is 9.67. The Bertz CT molecular complexity index is 553. The highest BCUT2D eigenvalue weighted by atomic mass is 16.5. The quantitative estimate of drug-likeness (QED) is 0.514. The number of aryl methyl sites for hydroxylation is 1. The van der Waals surface area contributed by atoms with Gasteiger partial charge in [0, 0.05) is 6.20 Å². The third-order valence-electron chi connectivity index (χ3n) is 2.16. The van der Waals surface area contributed by atoms with Crippen LogP contribution in [-0.4, -0.2) is 21.0 Å². The first-order valence-corrected chi connectivity index (χ1v) is 5.19. The number of rotatable bonds is 4. The molecule has 1 amide bonds. The highest BCUT2D eigenvalue weighted by Gasteiger charge is 2.12. The number of nitrogens with one attached hydrogen (secondary N) is 2. The van der Waals surface area contributed by atoms with E-state index in [1.165, 1.54) is 6.20 Å². The number of hydrogen-bond acceptors (Lipinski definition) is 7. The summed E-state index contributed by atoms with van der Waals surface area (Å²) in [6.07, 6.45) is 1.54. The monoisotopic (exact) mass is 248 g/mol. The molecule has 94 valence electrons. The van der Waals surface area contributed by atoms with Crippen LogP contribution in [0, 0.1) is 6.92 Å². The van der Waals surface area contributed by atoms with Gasteiger partial charge in [-0.1, -0.05) is 5.16 Å². The molecule has 0 aliphatic heterocycles. The third kappa shape index (κ3) is 2.61. The Morgan fingerprint density at radius 2 is 2.39 bits per heavy atom. The number of amides is 1. The fourth-order valence-corrected chi connectivity index (χ4v) is 1.37. The standard InChI is InChI=1S/C10H12N6O2/c1-6-14-8(18-16-6)5-13-10(17)7-3-2-4-12-9(7)15-11/h2-4H,5,11H2,1H3,(H,12,15)(H,13,17). The third-order valence-corrected chi connectivity index (χ3v) is 2.16. The largest absolute Gasteiger partial charge is 0.343 e. The van der Waals surface area contributed by atoms with Crippen molar-refractivity contribution in [1.82, 2.24) is 20.4 Å². The molecular weight excluding hydrogens is 236 g/mol. The summed E-state index contributed by atoms with van der Waals surface area (Å²) < 4.78 is 4.88. The normalized spacial score (nSPS) is 10.1. The average Bonchev–Trinajstić information content (AvgIpc) is 2.81. The van der Waals surface area contributed by atoms with Gasteiger partial charge in [-0.15, -0.1) is 0 Å². The number of aromatic nitrogens is 3. The van der Waals surface area contributed by atoms with E-state index in [1.807, 2.05) is 0 Å². The van der Waals surface area contributed by atoms with Crippen LogP contribution in [0.25, 0.3) is 0 Å². The SMILES string of the molecule is Cc1noc(CNC(=O)c2cccnc2NN)n1. The molecule has 0 spiro atoms. The minimum absolute atomic E-state index is 0.151. The summed E-state index contributed by atoms with van der Waals surface area (Å²) in [6.45, 7) is 1.85. The summed E-state index contributed by atoms with van der Waals surface area (Å²) >= 11 is 0. The van der Waals surface area contributed by atoms with E-state index < -0.39 is 0 Å². The van der Waals surface area contributed by atoms with Crippen molar-refractivity contribution in [2.45, 2.75) is 13.5 Å². The van der Waals surface area contributed by atoms with Gasteiger partial charge in [0.2, 0.25) is 5.89 Å². The fourth-order valence-electron chi connectivity index (χ4n) is 1.37. The molecule has 2 rings (SSSR count). The van der Waals surface area contributed by atoms with E-state index in [1.54, 1.807) is 19.1 Å². The van der Waals surface area contributed by atoms with Gasteiger partial charge in [0.15, 0.2) is 11.6 Å². The second kappa shape index (κ2) is 5.23. The number of hydrogen-bond donors (Lipinski definition) is 3. The molecular formula is C10H12N6O2. The van der Waals surface area contributed by atoms with Gasteiger partial charge in [-0.3, -0.25) is 4.79 Å². The predicted octanol–water partition coefficient (Wildman–Crippen LogP) is -0.0114. The summed E-state index contributed by atoms with van der Waals surface area (Å²) in [4.78, 5) is 19.8. The minimum Gasteiger partial charge on any atom is -0.343 e. The van der Waals surface area contributed by atoms with Gasteiger partial charge in [-0.05, 0) is 19.1 Å². The van der Waals surface area contributed by atoms with Crippen molar-refractivity contribution in [2.75, 3.05) is 5.43 Å². The first kappa shape index (κ1) is 12.0. The molecule has 8 nitrogen and oxygen atoms in total. The Kier molecular flexibility index (Phi) is 3.49. The molecule has 8 heteroatoms.